The smallest absolute Gasteiger partial charge is 0.257 e. The number of methoxy groups -OCH3 is 1. The zero-order chi connectivity index (χ0) is 21.3. The number of thioether (sulfide) groups is 1. The molecule has 160 valence electrons. The molecule has 0 spiro atoms. The number of hydrogen-bond donors (Lipinski definition) is 1. The summed E-state index contributed by atoms with van der Waals surface area (Å²) in [7, 11) is 1.57. The number of benzene rings is 1. The van der Waals surface area contributed by atoms with E-state index in [0.717, 1.165) is 23.6 Å². The molecule has 3 aliphatic rings. The summed E-state index contributed by atoms with van der Waals surface area (Å²) in [6, 6.07) is 7.10. The van der Waals surface area contributed by atoms with Crippen molar-refractivity contribution in [1.29, 1.82) is 0 Å². The Balaban J connectivity index is 1.38. The number of amidine groups is 1. The van der Waals surface area contributed by atoms with Crippen LogP contribution in [-0.4, -0.2) is 41.8 Å². The van der Waals surface area contributed by atoms with Crippen molar-refractivity contribution in [3.8, 4) is 5.75 Å². The van der Waals surface area contributed by atoms with E-state index in [2.05, 4.69) is 17.2 Å². The van der Waals surface area contributed by atoms with Crippen molar-refractivity contribution < 1.29 is 19.1 Å². The molecule has 1 aliphatic heterocycles. The highest BCUT2D eigenvalue weighted by molar-refractivity contribution is 8.14. The molecule has 30 heavy (non-hydrogen) atoms. The molecule has 1 aromatic carbocycles. The van der Waals surface area contributed by atoms with Gasteiger partial charge in [-0.25, -0.2) is 0 Å². The van der Waals surface area contributed by atoms with E-state index in [9.17, 15) is 14.4 Å². The summed E-state index contributed by atoms with van der Waals surface area (Å²) in [5.74, 6) is 1.97. The maximum atomic E-state index is 12.6. The van der Waals surface area contributed by atoms with Crippen LogP contribution in [0.2, 0.25) is 0 Å². The van der Waals surface area contributed by atoms with Crippen LogP contribution < -0.4 is 15.0 Å². The number of hydrogen-bond acceptors (Lipinski definition) is 5. The Bertz CT molecular complexity index is 870. The summed E-state index contributed by atoms with van der Waals surface area (Å²) in [6.07, 6.45) is 4.85. The quantitative estimate of drug-likeness (QED) is 0.703. The van der Waals surface area contributed by atoms with Gasteiger partial charge in [0.1, 0.15) is 12.2 Å². The number of aliphatic imine (C=N–C) groups is 1. The molecule has 2 saturated carbocycles. The summed E-state index contributed by atoms with van der Waals surface area (Å²) in [5.41, 5.74) is 0.593. The Kier molecular flexibility index (Phi) is 6.13. The number of nitrogens with zero attached hydrogens (tertiary/aromatic N) is 2. The lowest BCUT2D eigenvalue weighted by atomic mass is 9.84. The lowest BCUT2D eigenvalue weighted by molar-refractivity contribution is -0.126. The topological polar surface area (TPSA) is 88.1 Å². The van der Waals surface area contributed by atoms with Crippen LogP contribution in [0.25, 0.3) is 0 Å². The van der Waals surface area contributed by atoms with Crippen LogP contribution in [0, 0.1) is 17.8 Å². The van der Waals surface area contributed by atoms with Crippen molar-refractivity contribution in [1.82, 2.24) is 5.32 Å². The predicted molar refractivity (Wildman–Crippen MR) is 117 cm³/mol. The van der Waals surface area contributed by atoms with Crippen LogP contribution >= 0.6 is 11.8 Å². The molecule has 4 rings (SSSR count). The molecule has 0 unspecified atom stereocenters. The molecular weight excluding hydrogens is 402 g/mol. The minimum absolute atomic E-state index is 0.0990. The molecule has 1 aromatic rings. The van der Waals surface area contributed by atoms with Crippen LogP contribution in [0.15, 0.2) is 29.3 Å². The SMILES string of the molecule is COc1ccc(N2C(=O)CC(=O)N=C2SCC(=O)N[C@@H](C)[C@H]2C[C@H]3CC[C@H]2C3)cc1. The van der Waals surface area contributed by atoms with Crippen LogP contribution in [0.4, 0.5) is 5.69 Å². The van der Waals surface area contributed by atoms with Gasteiger partial charge in [-0.1, -0.05) is 18.2 Å². The van der Waals surface area contributed by atoms with Gasteiger partial charge in [-0.15, -0.1) is 0 Å². The average molecular weight is 430 g/mol. The molecule has 1 N–H and O–H groups in total. The molecule has 0 radical (unpaired) electrons. The minimum Gasteiger partial charge on any atom is -0.497 e. The average Bonchev–Trinajstić information content (AvgIpc) is 3.36. The number of carbonyl (C=O) groups is 3. The van der Waals surface area contributed by atoms with Crippen LogP contribution in [-0.2, 0) is 14.4 Å². The van der Waals surface area contributed by atoms with Gasteiger partial charge in [0.05, 0.1) is 18.6 Å². The van der Waals surface area contributed by atoms with Gasteiger partial charge in [0.2, 0.25) is 11.8 Å². The van der Waals surface area contributed by atoms with E-state index in [4.69, 9.17) is 4.74 Å². The maximum Gasteiger partial charge on any atom is 0.257 e. The van der Waals surface area contributed by atoms with Gasteiger partial charge in [-0.05, 0) is 68.2 Å². The molecular formula is C22H27N3O4S. The zero-order valence-corrected chi connectivity index (χ0v) is 18.1. The minimum atomic E-state index is -0.483. The predicted octanol–water partition coefficient (Wildman–Crippen LogP) is 2.99. The second-order valence-corrected chi connectivity index (χ2v) is 9.32. The summed E-state index contributed by atoms with van der Waals surface area (Å²) in [5, 5.41) is 3.36. The van der Waals surface area contributed by atoms with Gasteiger partial charge in [-0.2, -0.15) is 4.99 Å². The second kappa shape index (κ2) is 8.79. The Morgan fingerprint density at radius 1 is 1.27 bits per heavy atom. The van der Waals surface area contributed by atoms with Crippen LogP contribution in [0.1, 0.15) is 39.0 Å². The van der Waals surface area contributed by atoms with Crippen molar-refractivity contribution in [2.45, 2.75) is 45.1 Å². The second-order valence-electron chi connectivity index (χ2n) is 8.38. The highest BCUT2D eigenvalue weighted by Crippen LogP contribution is 2.49. The van der Waals surface area contributed by atoms with Crippen LogP contribution in [0.3, 0.4) is 0 Å². The highest BCUT2D eigenvalue weighted by atomic mass is 32.2. The summed E-state index contributed by atoms with van der Waals surface area (Å²) < 4.78 is 5.16. The maximum absolute atomic E-state index is 12.6. The Morgan fingerprint density at radius 3 is 2.67 bits per heavy atom. The molecule has 8 heteroatoms. The van der Waals surface area contributed by atoms with E-state index < -0.39 is 5.91 Å². The zero-order valence-electron chi connectivity index (χ0n) is 17.3. The summed E-state index contributed by atoms with van der Waals surface area (Å²) in [6.45, 7) is 2.09. The number of rotatable bonds is 6. The number of anilines is 1. The third-order valence-corrected chi connectivity index (χ3v) is 7.39. The van der Waals surface area contributed by atoms with Gasteiger partial charge >= 0.3 is 0 Å². The van der Waals surface area contributed by atoms with Crippen molar-refractivity contribution in [3.05, 3.63) is 24.3 Å². The molecule has 2 aliphatic carbocycles. The number of nitrogens with one attached hydrogen (secondary N) is 1. The fourth-order valence-electron chi connectivity index (χ4n) is 5.03. The lowest BCUT2D eigenvalue weighted by Gasteiger charge is -2.29. The van der Waals surface area contributed by atoms with E-state index >= 15 is 0 Å². The van der Waals surface area contributed by atoms with Gasteiger partial charge in [0.15, 0.2) is 5.17 Å². The Labute approximate surface area is 180 Å². The Morgan fingerprint density at radius 2 is 2.03 bits per heavy atom. The van der Waals surface area contributed by atoms with Crippen molar-refractivity contribution in [2.24, 2.45) is 22.7 Å². The van der Waals surface area contributed by atoms with Gasteiger partial charge in [0, 0.05) is 6.04 Å². The summed E-state index contributed by atoms with van der Waals surface area (Å²) >= 11 is 1.12. The number of carbonyl (C=O) groups excluding carboxylic acids is 3. The van der Waals surface area contributed by atoms with Gasteiger partial charge in [0.25, 0.3) is 5.91 Å². The fourth-order valence-corrected chi connectivity index (χ4v) is 5.88. The molecule has 1 heterocycles. The van der Waals surface area contributed by atoms with Gasteiger partial charge < -0.3 is 10.1 Å². The first-order valence-corrected chi connectivity index (χ1v) is 11.4. The molecule has 2 bridgehead atoms. The van der Waals surface area contributed by atoms with Crippen molar-refractivity contribution in [3.63, 3.8) is 0 Å². The van der Waals surface area contributed by atoms with E-state index in [1.54, 1.807) is 31.4 Å². The van der Waals surface area contributed by atoms with E-state index in [1.807, 2.05) is 0 Å². The molecule has 0 aromatic heterocycles. The standard InChI is InChI=1S/C22H27N3O4S/c1-13(18-10-14-3-4-15(18)9-14)23-20(27)12-30-22-24-19(26)11-21(28)25(22)16-5-7-17(29-2)8-6-16/h5-8,13-15,18H,3-4,9-12H2,1-2H3,(H,23,27)/t13-,14-,15-,18+/m0/s1. The Hall–Kier alpha value is -2.35. The lowest BCUT2D eigenvalue weighted by Crippen LogP contribution is -2.43. The first kappa shape index (κ1) is 20.9. The normalized spacial score (nSPS) is 26.5. The number of fused-ring (bicyclic) bond motifs is 2. The molecule has 2 fully saturated rings. The third-order valence-electron chi connectivity index (χ3n) is 6.45. The van der Waals surface area contributed by atoms with Crippen molar-refractivity contribution >= 4 is 40.3 Å². The van der Waals surface area contributed by atoms with E-state index in [1.165, 1.54) is 30.6 Å². The monoisotopic (exact) mass is 429 g/mol. The summed E-state index contributed by atoms with van der Waals surface area (Å²) in [4.78, 5) is 42.4. The fraction of sp³-hybridized carbons (Fsp3) is 0.545. The third kappa shape index (κ3) is 4.38. The van der Waals surface area contributed by atoms with E-state index in [0.29, 0.717) is 17.4 Å². The number of amides is 3. The molecule has 0 saturated heterocycles. The van der Waals surface area contributed by atoms with Crippen LogP contribution in [0.5, 0.6) is 5.75 Å². The molecule has 3 amide bonds. The molecule has 7 nitrogen and oxygen atoms in total. The van der Waals surface area contributed by atoms with Crippen molar-refractivity contribution in [2.75, 3.05) is 17.8 Å². The van der Waals surface area contributed by atoms with E-state index in [-0.39, 0.29) is 35.2 Å². The highest BCUT2D eigenvalue weighted by Gasteiger charge is 2.42. The number of ether oxygens (including phenoxy) is 1. The first-order valence-electron chi connectivity index (χ1n) is 10.4. The first-order chi connectivity index (χ1) is 14.4. The van der Waals surface area contributed by atoms with Gasteiger partial charge in [-0.3, -0.25) is 19.3 Å². The largest absolute Gasteiger partial charge is 0.497 e. The molecule has 4 atom stereocenters.